The SMILES string of the molecule is CC(C)CN(N)C12CC3CC(CC(C3)C1)C2. The molecule has 16 heavy (non-hydrogen) atoms. The molecule has 0 unspecified atom stereocenters. The monoisotopic (exact) mass is 222 g/mol. The fourth-order valence-corrected chi connectivity index (χ4v) is 5.00. The maximum absolute atomic E-state index is 6.41. The van der Waals surface area contributed by atoms with Crippen LogP contribution in [0, 0.1) is 23.7 Å². The average molecular weight is 222 g/mol. The Kier molecular flexibility index (Phi) is 2.56. The summed E-state index contributed by atoms with van der Waals surface area (Å²) >= 11 is 0. The first-order chi connectivity index (χ1) is 7.57. The molecule has 2 heteroatoms. The molecule has 0 atom stereocenters. The molecule has 4 rings (SSSR count). The van der Waals surface area contributed by atoms with Gasteiger partial charge in [-0.1, -0.05) is 13.8 Å². The van der Waals surface area contributed by atoms with Gasteiger partial charge in [0.25, 0.3) is 0 Å². The molecule has 0 radical (unpaired) electrons. The summed E-state index contributed by atoms with van der Waals surface area (Å²) in [5.74, 6) is 10.1. The standard InChI is InChI=1S/C14H26N2/c1-10(2)9-16(15)14-6-11-3-12(7-14)5-13(4-11)8-14/h10-13H,3-9,15H2,1-2H3. The summed E-state index contributed by atoms with van der Waals surface area (Å²) in [6.45, 7) is 5.63. The molecule has 4 bridgehead atoms. The molecular formula is C14H26N2. The molecule has 2 nitrogen and oxygen atoms in total. The van der Waals surface area contributed by atoms with E-state index in [1.54, 1.807) is 0 Å². The molecule has 92 valence electrons. The van der Waals surface area contributed by atoms with Crippen LogP contribution in [-0.4, -0.2) is 17.1 Å². The Morgan fingerprint density at radius 3 is 1.88 bits per heavy atom. The normalized spacial score (nSPS) is 45.9. The highest BCUT2D eigenvalue weighted by Crippen LogP contribution is 2.57. The predicted octanol–water partition coefficient (Wildman–Crippen LogP) is 2.79. The topological polar surface area (TPSA) is 29.3 Å². The van der Waals surface area contributed by atoms with Crippen LogP contribution in [0.15, 0.2) is 0 Å². The van der Waals surface area contributed by atoms with E-state index < -0.39 is 0 Å². The van der Waals surface area contributed by atoms with E-state index >= 15 is 0 Å². The Hall–Kier alpha value is -0.0800. The minimum Gasteiger partial charge on any atom is -0.268 e. The molecule has 2 N–H and O–H groups in total. The Morgan fingerprint density at radius 2 is 1.50 bits per heavy atom. The van der Waals surface area contributed by atoms with Gasteiger partial charge < -0.3 is 0 Å². The van der Waals surface area contributed by atoms with E-state index in [9.17, 15) is 0 Å². The van der Waals surface area contributed by atoms with Crippen molar-refractivity contribution in [3.63, 3.8) is 0 Å². The second-order valence-electron chi connectivity index (χ2n) is 7.19. The van der Waals surface area contributed by atoms with E-state index in [0.29, 0.717) is 11.5 Å². The summed E-state index contributed by atoms with van der Waals surface area (Å²) < 4.78 is 0. The van der Waals surface area contributed by atoms with Gasteiger partial charge >= 0.3 is 0 Å². The van der Waals surface area contributed by atoms with Gasteiger partial charge in [-0.2, -0.15) is 0 Å². The van der Waals surface area contributed by atoms with Crippen LogP contribution in [-0.2, 0) is 0 Å². The molecule has 0 aliphatic heterocycles. The second kappa shape index (κ2) is 3.71. The van der Waals surface area contributed by atoms with Gasteiger partial charge in [0.1, 0.15) is 0 Å². The van der Waals surface area contributed by atoms with Crippen LogP contribution in [0.25, 0.3) is 0 Å². The minimum absolute atomic E-state index is 0.402. The van der Waals surface area contributed by atoms with Gasteiger partial charge in [-0.25, -0.2) is 5.01 Å². The highest BCUT2D eigenvalue weighted by molar-refractivity contribution is 5.06. The lowest BCUT2D eigenvalue weighted by Crippen LogP contribution is -2.62. The first kappa shape index (κ1) is 11.0. The predicted molar refractivity (Wildman–Crippen MR) is 66.6 cm³/mol. The molecule has 4 aliphatic rings. The van der Waals surface area contributed by atoms with E-state index in [0.717, 1.165) is 24.3 Å². The van der Waals surface area contributed by atoms with Crippen LogP contribution >= 0.6 is 0 Å². The summed E-state index contributed by atoms with van der Waals surface area (Å²) in [6.07, 6.45) is 8.70. The highest BCUT2D eigenvalue weighted by Gasteiger charge is 2.52. The zero-order valence-electron chi connectivity index (χ0n) is 10.8. The van der Waals surface area contributed by atoms with Gasteiger partial charge in [0.05, 0.1) is 0 Å². The van der Waals surface area contributed by atoms with Gasteiger partial charge in [0, 0.05) is 12.1 Å². The maximum atomic E-state index is 6.41. The number of nitrogens with zero attached hydrogens (tertiary/aromatic N) is 1. The van der Waals surface area contributed by atoms with Crippen molar-refractivity contribution in [1.29, 1.82) is 0 Å². The summed E-state index contributed by atoms with van der Waals surface area (Å²) in [6, 6.07) is 0. The number of nitrogens with two attached hydrogens (primary N) is 1. The summed E-state index contributed by atoms with van der Waals surface area (Å²) in [5, 5.41) is 2.24. The third-order valence-electron chi connectivity index (χ3n) is 5.18. The van der Waals surface area contributed by atoms with E-state index in [4.69, 9.17) is 5.84 Å². The van der Waals surface area contributed by atoms with Crippen LogP contribution in [0.3, 0.4) is 0 Å². The van der Waals surface area contributed by atoms with Crippen molar-refractivity contribution in [2.24, 2.45) is 29.5 Å². The van der Waals surface area contributed by atoms with Gasteiger partial charge in [-0.05, 0) is 62.2 Å². The van der Waals surface area contributed by atoms with Crippen LogP contribution in [0.4, 0.5) is 0 Å². The highest BCUT2D eigenvalue weighted by atomic mass is 15.4. The first-order valence-corrected chi connectivity index (χ1v) is 7.10. The first-order valence-electron chi connectivity index (χ1n) is 7.10. The Bertz CT molecular complexity index is 237. The molecule has 0 heterocycles. The Morgan fingerprint density at radius 1 is 1.06 bits per heavy atom. The lowest BCUT2D eigenvalue weighted by molar-refractivity contribution is -0.0932. The molecule has 4 fully saturated rings. The fourth-order valence-electron chi connectivity index (χ4n) is 5.00. The number of hydrogen-bond acceptors (Lipinski definition) is 2. The molecule has 0 amide bonds. The van der Waals surface area contributed by atoms with Gasteiger partial charge in [0.2, 0.25) is 0 Å². The quantitative estimate of drug-likeness (QED) is 0.588. The molecule has 4 aliphatic carbocycles. The third kappa shape index (κ3) is 1.70. The Labute approximate surface area is 99.5 Å². The smallest absolute Gasteiger partial charge is 0.0359 e. The largest absolute Gasteiger partial charge is 0.268 e. The van der Waals surface area contributed by atoms with E-state index in [-0.39, 0.29) is 0 Å². The number of hydrazine groups is 1. The average Bonchev–Trinajstić information content (AvgIpc) is 2.13. The maximum Gasteiger partial charge on any atom is 0.0359 e. The van der Waals surface area contributed by atoms with Gasteiger partial charge in [0.15, 0.2) is 0 Å². The van der Waals surface area contributed by atoms with Crippen LogP contribution in [0.5, 0.6) is 0 Å². The van der Waals surface area contributed by atoms with Crippen LogP contribution < -0.4 is 5.84 Å². The van der Waals surface area contributed by atoms with Crippen molar-refractivity contribution in [1.82, 2.24) is 5.01 Å². The zero-order chi connectivity index (χ0) is 11.3. The number of rotatable bonds is 3. The minimum atomic E-state index is 0.402. The van der Waals surface area contributed by atoms with E-state index in [1.807, 2.05) is 0 Å². The van der Waals surface area contributed by atoms with Gasteiger partial charge in [-0.15, -0.1) is 0 Å². The summed E-state index contributed by atoms with van der Waals surface area (Å²) in [4.78, 5) is 0. The molecule has 0 saturated heterocycles. The van der Waals surface area contributed by atoms with Crippen molar-refractivity contribution in [3.8, 4) is 0 Å². The molecule has 0 aromatic heterocycles. The van der Waals surface area contributed by atoms with E-state index in [2.05, 4.69) is 18.9 Å². The fraction of sp³-hybridized carbons (Fsp3) is 1.00. The van der Waals surface area contributed by atoms with Crippen molar-refractivity contribution >= 4 is 0 Å². The van der Waals surface area contributed by atoms with E-state index in [1.165, 1.54) is 38.5 Å². The molecule has 0 aromatic carbocycles. The van der Waals surface area contributed by atoms with Gasteiger partial charge in [-0.3, -0.25) is 5.84 Å². The second-order valence-corrected chi connectivity index (χ2v) is 7.19. The lowest BCUT2D eigenvalue weighted by Gasteiger charge is -2.59. The van der Waals surface area contributed by atoms with Crippen molar-refractivity contribution in [2.75, 3.05) is 6.54 Å². The third-order valence-corrected chi connectivity index (χ3v) is 5.18. The Balaban J connectivity index is 1.77. The summed E-state index contributed by atoms with van der Waals surface area (Å²) in [7, 11) is 0. The molecule has 0 aromatic rings. The summed E-state index contributed by atoms with van der Waals surface area (Å²) in [5.41, 5.74) is 0.402. The lowest BCUT2D eigenvalue weighted by atomic mass is 9.52. The van der Waals surface area contributed by atoms with Crippen LogP contribution in [0.1, 0.15) is 52.4 Å². The zero-order valence-corrected chi connectivity index (χ0v) is 10.8. The number of hydrogen-bond donors (Lipinski definition) is 1. The van der Waals surface area contributed by atoms with Crippen molar-refractivity contribution in [3.05, 3.63) is 0 Å². The molecule has 4 saturated carbocycles. The molecule has 0 spiro atoms. The van der Waals surface area contributed by atoms with Crippen molar-refractivity contribution in [2.45, 2.75) is 57.9 Å². The molecular weight excluding hydrogens is 196 g/mol. The van der Waals surface area contributed by atoms with Crippen LogP contribution in [0.2, 0.25) is 0 Å². The van der Waals surface area contributed by atoms with Crippen molar-refractivity contribution < 1.29 is 0 Å².